The van der Waals surface area contributed by atoms with Gasteiger partial charge in [0.1, 0.15) is 16.9 Å². The van der Waals surface area contributed by atoms with Gasteiger partial charge in [-0.1, -0.05) is 12.1 Å². The lowest BCUT2D eigenvalue weighted by Gasteiger charge is -2.25. The number of nitrogens with zero attached hydrogens (tertiary/aromatic N) is 5. The lowest BCUT2D eigenvalue weighted by molar-refractivity contribution is 0.290. The van der Waals surface area contributed by atoms with Crippen LogP contribution in [0, 0.1) is 0 Å². The Balaban J connectivity index is 1.54. The minimum Gasteiger partial charge on any atom is -0.497 e. The van der Waals surface area contributed by atoms with Gasteiger partial charge in [-0.05, 0) is 23.8 Å². The van der Waals surface area contributed by atoms with Crippen LogP contribution >= 0.6 is 11.3 Å². The average Bonchev–Trinajstić information content (AvgIpc) is 3.40. The van der Waals surface area contributed by atoms with Gasteiger partial charge in [0.25, 0.3) is 0 Å². The summed E-state index contributed by atoms with van der Waals surface area (Å²) >= 11 is 1.54. The van der Waals surface area contributed by atoms with Crippen LogP contribution in [0.1, 0.15) is 10.4 Å². The molecule has 1 aromatic carbocycles. The van der Waals surface area contributed by atoms with Gasteiger partial charge in [-0.25, -0.2) is 18.2 Å². The maximum Gasteiger partial charge on any atom is 0.352 e. The van der Waals surface area contributed by atoms with E-state index in [1.807, 2.05) is 30.3 Å². The van der Waals surface area contributed by atoms with Crippen molar-refractivity contribution in [3.8, 4) is 5.75 Å². The molecule has 0 bridgehead atoms. The van der Waals surface area contributed by atoms with Crippen molar-refractivity contribution in [2.75, 3.05) is 31.7 Å². The fourth-order valence-electron chi connectivity index (χ4n) is 3.82. The number of thiophene rings is 1. The molecule has 31 heavy (non-hydrogen) atoms. The van der Waals surface area contributed by atoms with Crippen LogP contribution in [0.25, 0.3) is 15.9 Å². The highest BCUT2D eigenvalue weighted by Gasteiger charge is 2.23. The molecular formula is C20H21N5O4S2. The van der Waals surface area contributed by atoms with Crippen molar-refractivity contribution < 1.29 is 13.2 Å². The van der Waals surface area contributed by atoms with Gasteiger partial charge in [-0.15, -0.1) is 11.3 Å². The summed E-state index contributed by atoms with van der Waals surface area (Å²) in [4.78, 5) is 21.5. The molecule has 0 aliphatic carbocycles. The zero-order valence-corrected chi connectivity index (χ0v) is 18.5. The standard InChI is InChI=1S/C20H21N5O4S2/c1-29-15-4-2-14(3-5-15)11-24-19-17(18-21-13-22-25(18)20(24)26)10-16(30-19)12-23-6-8-31(27,28)9-7-23/h2-5,10,13H,6-9,11-12H2,1H3. The maximum absolute atomic E-state index is 13.1. The first-order valence-corrected chi connectivity index (χ1v) is 12.5. The first kappa shape index (κ1) is 20.2. The minimum atomic E-state index is -2.92. The van der Waals surface area contributed by atoms with E-state index >= 15 is 0 Å². The Kier molecular flexibility index (Phi) is 5.03. The SMILES string of the molecule is COc1ccc(Cn2c(=O)n3ncnc3c3cc(CN4CCS(=O)(=O)CC4)sc32)cc1. The summed E-state index contributed by atoms with van der Waals surface area (Å²) in [7, 11) is -1.30. The van der Waals surface area contributed by atoms with Crippen LogP contribution in [0.5, 0.6) is 5.75 Å². The minimum absolute atomic E-state index is 0.189. The van der Waals surface area contributed by atoms with Crippen molar-refractivity contribution >= 4 is 37.0 Å². The Hall–Kier alpha value is -2.76. The monoisotopic (exact) mass is 459 g/mol. The number of aromatic nitrogens is 4. The van der Waals surface area contributed by atoms with Crippen molar-refractivity contribution in [2.45, 2.75) is 13.1 Å². The van der Waals surface area contributed by atoms with Gasteiger partial charge >= 0.3 is 5.69 Å². The predicted octanol–water partition coefficient (Wildman–Crippen LogP) is 1.39. The van der Waals surface area contributed by atoms with Crippen LogP contribution in [-0.2, 0) is 22.9 Å². The predicted molar refractivity (Wildman–Crippen MR) is 119 cm³/mol. The van der Waals surface area contributed by atoms with Crippen molar-refractivity contribution in [3.63, 3.8) is 0 Å². The molecule has 9 nitrogen and oxygen atoms in total. The number of sulfone groups is 1. The van der Waals surface area contributed by atoms with E-state index in [1.54, 1.807) is 23.0 Å². The summed E-state index contributed by atoms with van der Waals surface area (Å²) in [6.07, 6.45) is 1.39. The second kappa shape index (κ2) is 7.74. The average molecular weight is 460 g/mol. The van der Waals surface area contributed by atoms with E-state index in [9.17, 15) is 13.2 Å². The Morgan fingerprint density at radius 1 is 1.13 bits per heavy atom. The largest absolute Gasteiger partial charge is 0.497 e. The Morgan fingerprint density at radius 2 is 1.87 bits per heavy atom. The van der Waals surface area contributed by atoms with Gasteiger partial charge in [0.05, 0.1) is 30.5 Å². The van der Waals surface area contributed by atoms with E-state index in [0.29, 0.717) is 31.8 Å². The lowest BCUT2D eigenvalue weighted by Crippen LogP contribution is -2.39. The third-order valence-corrected chi connectivity index (χ3v) is 8.28. The molecule has 1 saturated heterocycles. The van der Waals surface area contributed by atoms with Crippen LogP contribution in [0.4, 0.5) is 0 Å². The molecule has 1 aliphatic rings. The normalized spacial score (nSPS) is 16.8. The first-order chi connectivity index (χ1) is 14.9. The van der Waals surface area contributed by atoms with E-state index in [2.05, 4.69) is 15.0 Å². The molecule has 0 amide bonds. The quantitative estimate of drug-likeness (QED) is 0.445. The highest BCUT2D eigenvalue weighted by atomic mass is 32.2. The first-order valence-electron chi connectivity index (χ1n) is 9.84. The summed E-state index contributed by atoms with van der Waals surface area (Å²) in [5.41, 5.74) is 1.27. The number of benzene rings is 1. The fraction of sp³-hybridized carbons (Fsp3) is 0.350. The van der Waals surface area contributed by atoms with Crippen LogP contribution in [-0.4, -0.2) is 64.2 Å². The number of rotatable bonds is 5. The summed E-state index contributed by atoms with van der Waals surface area (Å²) in [5.74, 6) is 1.14. The van der Waals surface area contributed by atoms with Crippen molar-refractivity contribution in [1.82, 2.24) is 24.1 Å². The number of fused-ring (bicyclic) bond motifs is 3. The van der Waals surface area contributed by atoms with Crippen LogP contribution in [0.2, 0.25) is 0 Å². The Labute approximate surface area is 182 Å². The lowest BCUT2D eigenvalue weighted by atomic mass is 10.2. The van der Waals surface area contributed by atoms with Crippen molar-refractivity contribution in [2.24, 2.45) is 0 Å². The van der Waals surface area contributed by atoms with Gasteiger partial charge in [-0.3, -0.25) is 9.47 Å². The van der Waals surface area contributed by atoms with Gasteiger partial charge in [0, 0.05) is 24.5 Å². The summed E-state index contributed by atoms with van der Waals surface area (Å²) < 4.78 is 31.7. The molecule has 1 fully saturated rings. The molecule has 162 valence electrons. The van der Waals surface area contributed by atoms with E-state index in [-0.39, 0.29) is 17.2 Å². The molecule has 0 N–H and O–H groups in total. The zero-order valence-electron chi connectivity index (χ0n) is 16.9. The van der Waals surface area contributed by atoms with Crippen LogP contribution in [0.15, 0.2) is 41.5 Å². The van der Waals surface area contributed by atoms with Gasteiger partial charge in [-0.2, -0.15) is 9.61 Å². The summed E-state index contributed by atoms with van der Waals surface area (Å²) in [6, 6.07) is 9.65. The third-order valence-electron chi connectivity index (χ3n) is 5.53. The number of hydrogen-bond donors (Lipinski definition) is 0. The maximum atomic E-state index is 13.1. The molecular weight excluding hydrogens is 438 g/mol. The van der Waals surface area contributed by atoms with Gasteiger partial charge < -0.3 is 4.74 Å². The molecule has 11 heteroatoms. The topological polar surface area (TPSA) is 98.8 Å². The van der Waals surface area contributed by atoms with Crippen LogP contribution < -0.4 is 10.4 Å². The molecule has 4 aromatic rings. The molecule has 1 aliphatic heterocycles. The highest BCUT2D eigenvalue weighted by Crippen LogP contribution is 2.29. The fourth-order valence-corrected chi connectivity index (χ4v) is 6.28. The number of ether oxygens (including phenoxy) is 1. The molecule has 0 unspecified atom stereocenters. The summed E-state index contributed by atoms with van der Waals surface area (Å²) in [6.45, 7) is 2.09. The van der Waals surface area contributed by atoms with Gasteiger partial charge in [0.2, 0.25) is 0 Å². The number of methoxy groups -OCH3 is 1. The molecule has 3 aromatic heterocycles. The Morgan fingerprint density at radius 3 is 2.58 bits per heavy atom. The Bertz CT molecular complexity index is 1410. The molecule has 5 rings (SSSR count). The van der Waals surface area contributed by atoms with Crippen molar-refractivity contribution in [1.29, 1.82) is 0 Å². The molecule has 0 radical (unpaired) electrons. The molecule has 4 heterocycles. The molecule has 0 saturated carbocycles. The van der Waals surface area contributed by atoms with Gasteiger partial charge in [0.15, 0.2) is 15.5 Å². The molecule has 0 atom stereocenters. The van der Waals surface area contributed by atoms with E-state index < -0.39 is 9.84 Å². The second-order valence-corrected chi connectivity index (χ2v) is 11.0. The second-order valence-electron chi connectivity index (χ2n) is 7.57. The smallest absolute Gasteiger partial charge is 0.352 e. The third kappa shape index (κ3) is 3.84. The van der Waals surface area contributed by atoms with E-state index in [1.165, 1.54) is 10.8 Å². The number of hydrogen-bond acceptors (Lipinski definition) is 8. The molecule has 0 spiro atoms. The van der Waals surface area contributed by atoms with Crippen molar-refractivity contribution in [3.05, 3.63) is 57.6 Å². The van der Waals surface area contributed by atoms with Crippen LogP contribution in [0.3, 0.4) is 0 Å². The highest BCUT2D eigenvalue weighted by molar-refractivity contribution is 7.91. The zero-order chi connectivity index (χ0) is 21.6. The van der Waals surface area contributed by atoms with E-state index in [0.717, 1.165) is 26.4 Å². The summed E-state index contributed by atoms with van der Waals surface area (Å²) in [5, 5.41) is 4.99. The van der Waals surface area contributed by atoms with E-state index in [4.69, 9.17) is 4.74 Å².